The van der Waals surface area contributed by atoms with Crippen LogP contribution in [0.1, 0.15) is 28.9 Å². The minimum absolute atomic E-state index is 0.251. The lowest BCUT2D eigenvalue weighted by Gasteiger charge is -2.07. The highest BCUT2D eigenvalue weighted by atomic mass is 32.1. The van der Waals surface area contributed by atoms with E-state index >= 15 is 0 Å². The highest BCUT2D eigenvalue weighted by Gasteiger charge is 2.16. The molecule has 0 radical (unpaired) electrons. The van der Waals surface area contributed by atoms with Crippen LogP contribution >= 0.6 is 11.3 Å². The van der Waals surface area contributed by atoms with Crippen LogP contribution in [0.5, 0.6) is 0 Å². The summed E-state index contributed by atoms with van der Waals surface area (Å²) in [4.78, 5) is 6.09. The van der Waals surface area contributed by atoms with Crippen LogP contribution in [-0.4, -0.2) is 23.2 Å². The Morgan fingerprint density at radius 1 is 1.53 bits per heavy atom. The molecule has 1 atom stereocenters. The number of fused-ring (bicyclic) bond motifs is 1. The molecule has 84 valence electrons. The number of aliphatic hydroxyl groups is 1. The third-order valence-electron chi connectivity index (χ3n) is 2.72. The zero-order valence-electron chi connectivity index (χ0n) is 9.12. The van der Waals surface area contributed by atoms with E-state index in [1.54, 1.807) is 0 Å². The van der Waals surface area contributed by atoms with Crippen molar-refractivity contribution in [1.29, 1.82) is 0 Å². The first kappa shape index (κ1) is 11.0. The molecule has 0 fully saturated rings. The van der Waals surface area contributed by atoms with Gasteiger partial charge in [0.15, 0.2) is 0 Å². The minimum atomic E-state index is 0.251. The van der Waals surface area contributed by atoms with Gasteiger partial charge < -0.3 is 10.4 Å². The highest BCUT2D eigenvalue weighted by molar-refractivity contribution is 7.11. The van der Waals surface area contributed by atoms with Crippen LogP contribution < -0.4 is 5.32 Å². The van der Waals surface area contributed by atoms with Gasteiger partial charge in [-0.1, -0.05) is 6.92 Å². The van der Waals surface area contributed by atoms with Crippen molar-refractivity contribution in [3.05, 3.63) is 15.6 Å². The molecule has 0 amide bonds. The molecule has 2 N–H and O–H groups in total. The van der Waals surface area contributed by atoms with E-state index in [4.69, 9.17) is 5.11 Å². The number of nitrogens with zero attached hydrogens (tertiary/aromatic N) is 1. The maximum atomic E-state index is 8.87. The average molecular weight is 226 g/mol. The number of hydrogen-bond donors (Lipinski definition) is 2. The number of aliphatic hydroxyl groups excluding tert-OH is 1. The van der Waals surface area contributed by atoms with Gasteiger partial charge in [0, 0.05) is 24.6 Å². The summed E-state index contributed by atoms with van der Waals surface area (Å²) in [7, 11) is 0. The number of thiazole rings is 1. The highest BCUT2D eigenvalue weighted by Crippen LogP contribution is 2.27. The smallest absolute Gasteiger partial charge is 0.107 e. The Morgan fingerprint density at radius 2 is 2.40 bits per heavy atom. The Hall–Kier alpha value is -0.450. The van der Waals surface area contributed by atoms with Crippen LogP contribution in [0, 0.1) is 5.92 Å². The first-order valence-corrected chi connectivity index (χ1v) is 6.40. The number of aromatic nitrogens is 1. The fraction of sp³-hybridized carbons (Fsp3) is 0.727. The lowest BCUT2D eigenvalue weighted by Crippen LogP contribution is -2.22. The van der Waals surface area contributed by atoms with E-state index in [-0.39, 0.29) is 6.61 Å². The van der Waals surface area contributed by atoms with Crippen molar-refractivity contribution in [2.75, 3.05) is 13.2 Å². The minimum Gasteiger partial charge on any atom is -0.396 e. The summed E-state index contributed by atoms with van der Waals surface area (Å²) in [5.74, 6) is 0.330. The summed E-state index contributed by atoms with van der Waals surface area (Å²) in [6.45, 7) is 4.00. The maximum Gasteiger partial charge on any atom is 0.107 e. The van der Waals surface area contributed by atoms with Crippen molar-refractivity contribution < 1.29 is 5.11 Å². The molecule has 0 aromatic carbocycles. The Labute approximate surface area is 94.5 Å². The third kappa shape index (κ3) is 2.77. The van der Waals surface area contributed by atoms with Crippen molar-refractivity contribution in [1.82, 2.24) is 10.3 Å². The SMILES string of the molecule is CC(CO)CNCc1nc2c(s1)CCC2. The molecule has 0 aliphatic heterocycles. The fourth-order valence-corrected chi connectivity index (χ4v) is 2.94. The van der Waals surface area contributed by atoms with Gasteiger partial charge in [0.2, 0.25) is 0 Å². The van der Waals surface area contributed by atoms with Crippen molar-refractivity contribution >= 4 is 11.3 Å². The summed E-state index contributed by atoms with van der Waals surface area (Å²) < 4.78 is 0. The molecule has 1 heterocycles. The second-order valence-corrected chi connectivity index (χ2v) is 5.42. The van der Waals surface area contributed by atoms with E-state index in [1.807, 2.05) is 18.3 Å². The van der Waals surface area contributed by atoms with Gasteiger partial charge in [-0.05, 0) is 25.2 Å². The molecule has 1 aliphatic carbocycles. The quantitative estimate of drug-likeness (QED) is 0.796. The predicted molar refractivity (Wildman–Crippen MR) is 62.1 cm³/mol. The summed E-state index contributed by atoms with van der Waals surface area (Å²) in [6, 6.07) is 0. The Morgan fingerprint density at radius 3 is 3.13 bits per heavy atom. The van der Waals surface area contributed by atoms with Gasteiger partial charge in [-0.25, -0.2) is 4.98 Å². The van der Waals surface area contributed by atoms with E-state index in [2.05, 4.69) is 10.3 Å². The van der Waals surface area contributed by atoms with Gasteiger partial charge in [0.25, 0.3) is 0 Å². The van der Waals surface area contributed by atoms with Crippen LogP contribution in [0.3, 0.4) is 0 Å². The number of aryl methyl sites for hydroxylation is 2. The summed E-state index contributed by atoms with van der Waals surface area (Å²) in [6.07, 6.45) is 3.67. The van der Waals surface area contributed by atoms with Crippen LogP contribution in [0.2, 0.25) is 0 Å². The molecular formula is C11H18N2OS. The molecule has 0 spiro atoms. The zero-order valence-corrected chi connectivity index (χ0v) is 9.94. The summed E-state index contributed by atoms with van der Waals surface area (Å²) in [5.41, 5.74) is 1.33. The average Bonchev–Trinajstić information content (AvgIpc) is 2.77. The second kappa shape index (κ2) is 5.05. The molecular weight excluding hydrogens is 208 g/mol. The topological polar surface area (TPSA) is 45.1 Å². The normalized spacial score (nSPS) is 16.7. The molecule has 15 heavy (non-hydrogen) atoms. The molecule has 1 aromatic heterocycles. The Balaban J connectivity index is 1.79. The molecule has 1 unspecified atom stereocenters. The molecule has 2 rings (SSSR count). The summed E-state index contributed by atoms with van der Waals surface area (Å²) >= 11 is 1.85. The van der Waals surface area contributed by atoms with Gasteiger partial charge in [0.05, 0.1) is 5.69 Å². The zero-order chi connectivity index (χ0) is 10.7. The molecule has 3 nitrogen and oxygen atoms in total. The maximum absolute atomic E-state index is 8.87. The number of nitrogens with one attached hydrogen (secondary N) is 1. The summed E-state index contributed by atoms with van der Waals surface area (Å²) in [5, 5.41) is 13.4. The van der Waals surface area contributed by atoms with E-state index in [9.17, 15) is 0 Å². The van der Waals surface area contributed by atoms with Crippen LogP contribution in [0.25, 0.3) is 0 Å². The van der Waals surface area contributed by atoms with Gasteiger partial charge >= 0.3 is 0 Å². The Bertz CT molecular complexity index is 303. The monoisotopic (exact) mass is 226 g/mol. The van der Waals surface area contributed by atoms with Gasteiger partial charge in [-0.15, -0.1) is 11.3 Å². The molecule has 0 saturated carbocycles. The first-order valence-electron chi connectivity index (χ1n) is 5.58. The molecule has 4 heteroatoms. The molecule has 1 aromatic rings. The molecule has 0 bridgehead atoms. The number of rotatable bonds is 5. The van der Waals surface area contributed by atoms with Crippen LogP contribution in [-0.2, 0) is 19.4 Å². The van der Waals surface area contributed by atoms with Gasteiger partial charge in [-0.3, -0.25) is 0 Å². The van der Waals surface area contributed by atoms with E-state index in [1.165, 1.54) is 34.8 Å². The van der Waals surface area contributed by atoms with Gasteiger partial charge in [0.1, 0.15) is 5.01 Å². The van der Waals surface area contributed by atoms with E-state index in [0.717, 1.165) is 13.1 Å². The van der Waals surface area contributed by atoms with Crippen LogP contribution in [0.15, 0.2) is 0 Å². The third-order valence-corrected chi connectivity index (χ3v) is 3.88. The second-order valence-electron chi connectivity index (χ2n) is 4.25. The first-order chi connectivity index (χ1) is 7.29. The fourth-order valence-electron chi connectivity index (χ4n) is 1.81. The molecule has 0 saturated heterocycles. The van der Waals surface area contributed by atoms with Crippen molar-refractivity contribution in [2.45, 2.75) is 32.7 Å². The molecule has 1 aliphatic rings. The lowest BCUT2D eigenvalue weighted by molar-refractivity contribution is 0.233. The van der Waals surface area contributed by atoms with Crippen molar-refractivity contribution in [3.8, 4) is 0 Å². The number of hydrogen-bond acceptors (Lipinski definition) is 4. The largest absolute Gasteiger partial charge is 0.396 e. The van der Waals surface area contributed by atoms with Crippen molar-refractivity contribution in [2.24, 2.45) is 5.92 Å². The predicted octanol–water partition coefficient (Wildman–Crippen LogP) is 1.35. The van der Waals surface area contributed by atoms with Crippen molar-refractivity contribution in [3.63, 3.8) is 0 Å². The van der Waals surface area contributed by atoms with Gasteiger partial charge in [-0.2, -0.15) is 0 Å². The van der Waals surface area contributed by atoms with Crippen LogP contribution in [0.4, 0.5) is 0 Å². The van der Waals surface area contributed by atoms with E-state index in [0.29, 0.717) is 5.92 Å². The lowest BCUT2D eigenvalue weighted by atomic mass is 10.2. The Kier molecular flexibility index (Phi) is 3.72. The van der Waals surface area contributed by atoms with E-state index < -0.39 is 0 Å². The standard InChI is InChI=1S/C11H18N2OS/c1-8(7-14)5-12-6-11-13-9-3-2-4-10(9)15-11/h8,12,14H,2-7H2,1H3.